The molecule has 19 heavy (non-hydrogen) atoms. The Labute approximate surface area is 115 Å². The SMILES string of the molecule is NCC(NC(=O)[C@@H]1CC[C@H](CN)O1)C1CCCCC1. The Balaban J connectivity index is 1.82. The maximum absolute atomic E-state index is 12.2. The Morgan fingerprint density at radius 2 is 1.89 bits per heavy atom. The van der Waals surface area contributed by atoms with Gasteiger partial charge in [0.15, 0.2) is 0 Å². The van der Waals surface area contributed by atoms with Crippen molar-refractivity contribution in [2.45, 2.75) is 63.2 Å². The number of nitrogens with two attached hydrogens (primary N) is 2. The van der Waals surface area contributed by atoms with Crippen LogP contribution in [-0.4, -0.2) is 37.2 Å². The molecule has 2 fully saturated rings. The first kappa shape index (κ1) is 14.8. The van der Waals surface area contributed by atoms with E-state index in [2.05, 4.69) is 5.32 Å². The van der Waals surface area contributed by atoms with Crippen molar-refractivity contribution in [1.82, 2.24) is 5.32 Å². The van der Waals surface area contributed by atoms with Crippen LogP contribution in [0.15, 0.2) is 0 Å². The second kappa shape index (κ2) is 7.22. The summed E-state index contributed by atoms with van der Waals surface area (Å²) in [6, 6.07) is 0.105. The molecule has 5 N–H and O–H groups in total. The molecular weight excluding hydrogens is 242 g/mol. The molecule has 5 nitrogen and oxygen atoms in total. The molecule has 1 aliphatic carbocycles. The van der Waals surface area contributed by atoms with Crippen molar-refractivity contribution in [3.8, 4) is 0 Å². The van der Waals surface area contributed by atoms with Gasteiger partial charge in [0, 0.05) is 19.1 Å². The normalized spacial score (nSPS) is 30.2. The summed E-state index contributed by atoms with van der Waals surface area (Å²) in [6.45, 7) is 1.01. The summed E-state index contributed by atoms with van der Waals surface area (Å²) in [5, 5.41) is 3.09. The van der Waals surface area contributed by atoms with Crippen molar-refractivity contribution in [2.75, 3.05) is 13.1 Å². The molecule has 0 radical (unpaired) electrons. The molecule has 1 aliphatic heterocycles. The lowest BCUT2D eigenvalue weighted by molar-refractivity contribution is -0.133. The first-order chi connectivity index (χ1) is 9.24. The molecule has 0 spiro atoms. The fourth-order valence-corrected chi connectivity index (χ4v) is 3.25. The van der Waals surface area contributed by atoms with Gasteiger partial charge >= 0.3 is 0 Å². The van der Waals surface area contributed by atoms with Gasteiger partial charge in [0.2, 0.25) is 5.91 Å². The second-order valence-corrected chi connectivity index (χ2v) is 5.81. The molecule has 0 aromatic carbocycles. The van der Waals surface area contributed by atoms with E-state index in [-0.39, 0.29) is 24.2 Å². The Hall–Kier alpha value is -0.650. The third kappa shape index (κ3) is 3.91. The maximum atomic E-state index is 12.2. The van der Waals surface area contributed by atoms with Gasteiger partial charge in [-0.15, -0.1) is 0 Å². The van der Waals surface area contributed by atoms with E-state index in [0.29, 0.717) is 19.0 Å². The first-order valence-corrected chi connectivity index (χ1v) is 7.60. The first-order valence-electron chi connectivity index (χ1n) is 7.60. The number of carbonyl (C=O) groups is 1. The van der Waals surface area contributed by atoms with E-state index in [1.165, 1.54) is 32.1 Å². The van der Waals surface area contributed by atoms with E-state index < -0.39 is 0 Å². The Morgan fingerprint density at radius 1 is 1.16 bits per heavy atom. The zero-order chi connectivity index (χ0) is 13.7. The molecule has 2 rings (SSSR count). The van der Waals surface area contributed by atoms with Crippen LogP contribution in [-0.2, 0) is 9.53 Å². The van der Waals surface area contributed by atoms with Crippen LogP contribution in [0.4, 0.5) is 0 Å². The zero-order valence-corrected chi connectivity index (χ0v) is 11.6. The van der Waals surface area contributed by atoms with E-state index >= 15 is 0 Å². The fraction of sp³-hybridized carbons (Fsp3) is 0.929. The summed E-state index contributed by atoms with van der Waals surface area (Å²) in [7, 11) is 0. The standard InChI is InChI=1S/C14H27N3O2/c15-8-11-6-7-13(19-11)14(18)17-12(9-16)10-4-2-1-3-5-10/h10-13H,1-9,15-16H2,(H,17,18)/t11-,12?,13+/m1/s1. The molecule has 1 saturated heterocycles. The Kier molecular flexibility index (Phi) is 5.60. The van der Waals surface area contributed by atoms with Crippen LogP contribution in [0.2, 0.25) is 0 Å². The van der Waals surface area contributed by atoms with Gasteiger partial charge in [-0.2, -0.15) is 0 Å². The zero-order valence-electron chi connectivity index (χ0n) is 11.6. The minimum absolute atomic E-state index is 0.00280. The minimum atomic E-state index is -0.328. The summed E-state index contributed by atoms with van der Waals surface area (Å²) in [5.74, 6) is 0.534. The molecule has 0 aromatic heterocycles. The molecule has 2 aliphatic rings. The highest BCUT2D eigenvalue weighted by Gasteiger charge is 2.32. The summed E-state index contributed by atoms with van der Waals surface area (Å²) < 4.78 is 5.63. The van der Waals surface area contributed by atoms with Gasteiger partial charge in [-0.1, -0.05) is 19.3 Å². The van der Waals surface area contributed by atoms with E-state index in [9.17, 15) is 4.79 Å². The quantitative estimate of drug-likeness (QED) is 0.678. The van der Waals surface area contributed by atoms with Gasteiger partial charge in [-0.25, -0.2) is 0 Å². The van der Waals surface area contributed by atoms with Crippen LogP contribution >= 0.6 is 0 Å². The fourth-order valence-electron chi connectivity index (χ4n) is 3.25. The van der Waals surface area contributed by atoms with Gasteiger partial charge < -0.3 is 21.5 Å². The lowest BCUT2D eigenvalue weighted by Gasteiger charge is -2.30. The van der Waals surface area contributed by atoms with Crippen molar-refractivity contribution in [2.24, 2.45) is 17.4 Å². The van der Waals surface area contributed by atoms with Crippen LogP contribution < -0.4 is 16.8 Å². The molecule has 0 aromatic rings. The smallest absolute Gasteiger partial charge is 0.249 e. The average Bonchev–Trinajstić information content (AvgIpc) is 2.94. The number of rotatable bonds is 5. The number of amides is 1. The molecule has 3 atom stereocenters. The molecule has 1 unspecified atom stereocenters. The third-order valence-electron chi connectivity index (χ3n) is 4.46. The molecule has 5 heteroatoms. The minimum Gasteiger partial charge on any atom is -0.364 e. The van der Waals surface area contributed by atoms with Crippen LogP contribution in [0.25, 0.3) is 0 Å². The highest BCUT2D eigenvalue weighted by molar-refractivity contribution is 5.81. The lowest BCUT2D eigenvalue weighted by atomic mass is 9.84. The molecule has 110 valence electrons. The summed E-state index contributed by atoms with van der Waals surface area (Å²) >= 11 is 0. The lowest BCUT2D eigenvalue weighted by Crippen LogP contribution is -2.49. The van der Waals surface area contributed by atoms with Crippen LogP contribution in [0.5, 0.6) is 0 Å². The topological polar surface area (TPSA) is 90.4 Å². The monoisotopic (exact) mass is 269 g/mol. The molecule has 1 saturated carbocycles. The van der Waals surface area contributed by atoms with Crippen LogP contribution in [0, 0.1) is 5.92 Å². The van der Waals surface area contributed by atoms with Gasteiger partial charge in [-0.3, -0.25) is 4.79 Å². The summed E-state index contributed by atoms with van der Waals surface area (Å²) in [5.41, 5.74) is 11.4. The van der Waals surface area contributed by atoms with Gasteiger partial charge in [0.1, 0.15) is 6.10 Å². The summed E-state index contributed by atoms with van der Waals surface area (Å²) in [4.78, 5) is 12.2. The molecule has 1 heterocycles. The van der Waals surface area contributed by atoms with Crippen molar-refractivity contribution in [1.29, 1.82) is 0 Å². The molecule has 0 bridgehead atoms. The largest absolute Gasteiger partial charge is 0.364 e. The van der Waals surface area contributed by atoms with Crippen LogP contribution in [0.1, 0.15) is 44.9 Å². The van der Waals surface area contributed by atoms with E-state index in [1.54, 1.807) is 0 Å². The van der Waals surface area contributed by atoms with Crippen molar-refractivity contribution >= 4 is 5.91 Å². The van der Waals surface area contributed by atoms with E-state index in [4.69, 9.17) is 16.2 Å². The van der Waals surface area contributed by atoms with E-state index in [0.717, 1.165) is 12.8 Å². The van der Waals surface area contributed by atoms with Crippen molar-refractivity contribution < 1.29 is 9.53 Å². The second-order valence-electron chi connectivity index (χ2n) is 5.81. The highest BCUT2D eigenvalue weighted by Crippen LogP contribution is 2.26. The Bertz CT molecular complexity index is 292. The maximum Gasteiger partial charge on any atom is 0.249 e. The average molecular weight is 269 g/mol. The predicted molar refractivity (Wildman–Crippen MR) is 74.5 cm³/mol. The van der Waals surface area contributed by atoms with Crippen LogP contribution in [0.3, 0.4) is 0 Å². The predicted octanol–water partition coefficient (Wildman–Crippen LogP) is 0.517. The van der Waals surface area contributed by atoms with Crippen molar-refractivity contribution in [3.63, 3.8) is 0 Å². The van der Waals surface area contributed by atoms with Crippen molar-refractivity contribution in [3.05, 3.63) is 0 Å². The highest BCUT2D eigenvalue weighted by atomic mass is 16.5. The van der Waals surface area contributed by atoms with Gasteiger partial charge in [0.25, 0.3) is 0 Å². The van der Waals surface area contributed by atoms with E-state index in [1.807, 2.05) is 0 Å². The number of hydrogen-bond donors (Lipinski definition) is 3. The number of nitrogens with one attached hydrogen (secondary N) is 1. The number of carbonyl (C=O) groups excluding carboxylic acids is 1. The molecule has 1 amide bonds. The summed E-state index contributed by atoms with van der Waals surface area (Å²) in [6.07, 6.45) is 7.55. The molecular formula is C14H27N3O2. The third-order valence-corrected chi connectivity index (χ3v) is 4.46. The van der Waals surface area contributed by atoms with Gasteiger partial charge in [-0.05, 0) is 31.6 Å². The number of hydrogen-bond acceptors (Lipinski definition) is 4. The Morgan fingerprint density at radius 3 is 2.47 bits per heavy atom. The number of ether oxygens (including phenoxy) is 1. The van der Waals surface area contributed by atoms with Gasteiger partial charge in [0.05, 0.1) is 6.10 Å².